The zero-order valence-corrected chi connectivity index (χ0v) is 16.6. The number of halogens is 2. The van der Waals surface area contributed by atoms with Crippen LogP contribution in [0.1, 0.15) is 24.7 Å². The summed E-state index contributed by atoms with van der Waals surface area (Å²) < 4.78 is 2.00. The van der Waals surface area contributed by atoms with Crippen LogP contribution in [0, 0.1) is 10.1 Å². The van der Waals surface area contributed by atoms with Crippen LogP contribution in [0.4, 0.5) is 5.69 Å². The second-order valence-electron chi connectivity index (χ2n) is 5.77. The molecule has 138 valence electrons. The van der Waals surface area contributed by atoms with Gasteiger partial charge in [0.1, 0.15) is 10.8 Å². The molecule has 0 radical (unpaired) electrons. The van der Waals surface area contributed by atoms with Crippen LogP contribution in [0.25, 0.3) is 10.9 Å². The smallest absolute Gasteiger partial charge is 0.267 e. The summed E-state index contributed by atoms with van der Waals surface area (Å²) in [7, 11) is 0. The van der Waals surface area contributed by atoms with Crippen molar-refractivity contribution in [1.29, 1.82) is 0 Å². The number of nitro groups is 1. The maximum Gasteiger partial charge on any atom is 0.288 e. The summed E-state index contributed by atoms with van der Waals surface area (Å²) in [4.78, 5) is 27.9. The summed E-state index contributed by atoms with van der Waals surface area (Å²) in [5, 5.41) is 15.7. The van der Waals surface area contributed by atoms with Gasteiger partial charge in [-0.15, -0.1) is 0 Å². The fourth-order valence-electron chi connectivity index (χ4n) is 2.57. The fraction of sp³-hybridized carbons (Fsp3) is 0.167. The molecule has 0 aliphatic heterocycles. The monoisotopic (exact) mass is 448 g/mol. The first-order valence-corrected chi connectivity index (χ1v) is 9.27. The normalized spacial score (nSPS) is 11.4. The minimum atomic E-state index is -0.566. The summed E-state index contributed by atoms with van der Waals surface area (Å²) in [5.74, 6) is 0.525. The highest BCUT2D eigenvalue weighted by Crippen LogP contribution is 2.24. The molecule has 0 aliphatic rings. The molecule has 0 atom stereocenters. The predicted molar refractivity (Wildman–Crippen MR) is 109 cm³/mol. The summed E-state index contributed by atoms with van der Waals surface area (Å²) >= 11 is 9.18. The number of aryl methyl sites for hydroxylation is 1. The van der Waals surface area contributed by atoms with Gasteiger partial charge in [-0.05, 0) is 30.7 Å². The number of nitrogens with zero attached hydrogens (tertiary/aromatic N) is 4. The molecule has 0 N–H and O–H groups in total. The average molecular weight is 450 g/mol. The standard InChI is InChI=1S/C18H14BrClN4O3/c1-2-3-17-22-15-7-5-12(19)9-13(15)18(25)23(17)21-10-11-4-6-14(20)16(8-11)24(26)27/h4-10H,2-3H2,1H3. The van der Waals surface area contributed by atoms with E-state index in [9.17, 15) is 14.9 Å². The Morgan fingerprint density at radius 3 is 2.81 bits per heavy atom. The van der Waals surface area contributed by atoms with Gasteiger partial charge < -0.3 is 0 Å². The molecule has 0 saturated carbocycles. The molecule has 27 heavy (non-hydrogen) atoms. The van der Waals surface area contributed by atoms with E-state index in [0.29, 0.717) is 28.7 Å². The van der Waals surface area contributed by atoms with E-state index in [4.69, 9.17) is 11.6 Å². The number of benzene rings is 2. The van der Waals surface area contributed by atoms with Crippen LogP contribution in [0.15, 0.2) is 50.8 Å². The fourth-order valence-corrected chi connectivity index (χ4v) is 3.12. The number of nitro benzene ring substituents is 1. The highest BCUT2D eigenvalue weighted by atomic mass is 79.9. The van der Waals surface area contributed by atoms with Crippen molar-refractivity contribution in [2.45, 2.75) is 19.8 Å². The largest absolute Gasteiger partial charge is 0.288 e. The highest BCUT2D eigenvalue weighted by Gasteiger charge is 2.13. The van der Waals surface area contributed by atoms with Crippen molar-refractivity contribution in [3.8, 4) is 0 Å². The van der Waals surface area contributed by atoms with E-state index in [1.807, 2.05) is 13.0 Å². The predicted octanol–water partition coefficient (Wildman–Crippen LogP) is 4.56. The average Bonchev–Trinajstić information content (AvgIpc) is 2.63. The molecule has 0 spiro atoms. The lowest BCUT2D eigenvalue weighted by atomic mass is 10.2. The van der Waals surface area contributed by atoms with Gasteiger partial charge in [0, 0.05) is 22.5 Å². The molecule has 0 amide bonds. The second kappa shape index (κ2) is 7.98. The molecule has 0 fully saturated rings. The molecule has 3 aromatic rings. The lowest BCUT2D eigenvalue weighted by molar-refractivity contribution is -0.384. The summed E-state index contributed by atoms with van der Waals surface area (Å²) in [6, 6.07) is 9.61. The van der Waals surface area contributed by atoms with E-state index >= 15 is 0 Å². The van der Waals surface area contributed by atoms with Crippen LogP contribution in [-0.4, -0.2) is 20.8 Å². The zero-order valence-electron chi connectivity index (χ0n) is 14.2. The Kier molecular flexibility index (Phi) is 5.67. The first-order valence-electron chi connectivity index (χ1n) is 8.10. The van der Waals surface area contributed by atoms with Crippen molar-refractivity contribution < 1.29 is 4.92 Å². The first kappa shape index (κ1) is 19.2. The van der Waals surface area contributed by atoms with Crippen molar-refractivity contribution in [3.63, 3.8) is 0 Å². The van der Waals surface area contributed by atoms with Crippen molar-refractivity contribution >= 4 is 50.3 Å². The molecule has 0 saturated heterocycles. The molecular formula is C18H14BrClN4O3. The zero-order chi connectivity index (χ0) is 19.6. The first-order chi connectivity index (χ1) is 12.9. The SMILES string of the molecule is CCCc1nc2ccc(Br)cc2c(=O)n1N=Cc1ccc(Cl)c([N+](=O)[O-])c1. The third-order valence-electron chi connectivity index (χ3n) is 3.84. The van der Waals surface area contributed by atoms with Gasteiger partial charge in [-0.3, -0.25) is 14.9 Å². The number of hydrogen-bond acceptors (Lipinski definition) is 5. The molecule has 7 nitrogen and oxygen atoms in total. The Morgan fingerprint density at radius 1 is 1.33 bits per heavy atom. The molecule has 9 heteroatoms. The third-order valence-corrected chi connectivity index (χ3v) is 4.65. The maximum absolute atomic E-state index is 12.9. The van der Waals surface area contributed by atoms with Crippen molar-refractivity contribution in [2.24, 2.45) is 5.10 Å². The number of aromatic nitrogens is 2. The molecule has 0 unspecified atom stereocenters. The van der Waals surface area contributed by atoms with E-state index in [1.54, 1.807) is 18.2 Å². The van der Waals surface area contributed by atoms with Gasteiger partial charge in [0.15, 0.2) is 0 Å². The Morgan fingerprint density at radius 2 is 2.11 bits per heavy atom. The topological polar surface area (TPSA) is 90.4 Å². The van der Waals surface area contributed by atoms with Gasteiger partial charge in [0.05, 0.1) is 22.0 Å². The molecule has 3 rings (SSSR count). The minimum Gasteiger partial charge on any atom is -0.267 e. The van der Waals surface area contributed by atoms with Crippen LogP contribution in [0.3, 0.4) is 0 Å². The minimum absolute atomic E-state index is 0.0400. The van der Waals surface area contributed by atoms with Gasteiger partial charge in [0.2, 0.25) is 0 Å². The van der Waals surface area contributed by atoms with E-state index in [0.717, 1.165) is 10.9 Å². The van der Waals surface area contributed by atoms with Crippen LogP contribution in [0.2, 0.25) is 5.02 Å². The summed E-state index contributed by atoms with van der Waals surface area (Å²) in [6.45, 7) is 1.98. The second-order valence-corrected chi connectivity index (χ2v) is 7.09. The third kappa shape index (κ3) is 4.06. The maximum atomic E-state index is 12.9. The van der Waals surface area contributed by atoms with Gasteiger partial charge >= 0.3 is 0 Å². The van der Waals surface area contributed by atoms with E-state index in [2.05, 4.69) is 26.0 Å². The Balaban J connectivity index is 2.13. The van der Waals surface area contributed by atoms with Crippen LogP contribution in [0.5, 0.6) is 0 Å². The molecular weight excluding hydrogens is 436 g/mol. The van der Waals surface area contributed by atoms with Crippen LogP contribution >= 0.6 is 27.5 Å². The van der Waals surface area contributed by atoms with Gasteiger partial charge in [-0.25, -0.2) is 4.98 Å². The van der Waals surface area contributed by atoms with Crippen molar-refractivity contribution in [3.05, 3.63) is 77.7 Å². The van der Waals surface area contributed by atoms with Crippen molar-refractivity contribution in [2.75, 3.05) is 0 Å². The van der Waals surface area contributed by atoms with E-state index in [1.165, 1.54) is 23.0 Å². The van der Waals surface area contributed by atoms with Gasteiger partial charge in [-0.1, -0.05) is 40.5 Å². The van der Waals surface area contributed by atoms with Gasteiger partial charge in [-0.2, -0.15) is 9.78 Å². The Labute approximate surface area is 167 Å². The van der Waals surface area contributed by atoms with Crippen LogP contribution < -0.4 is 5.56 Å². The molecule has 1 aromatic heterocycles. The number of fused-ring (bicyclic) bond motifs is 1. The van der Waals surface area contributed by atoms with Crippen molar-refractivity contribution in [1.82, 2.24) is 9.66 Å². The molecule has 0 aliphatic carbocycles. The van der Waals surface area contributed by atoms with E-state index < -0.39 is 4.92 Å². The highest BCUT2D eigenvalue weighted by molar-refractivity contribution is 9.10. The lowest BCUT2D eigenvalue weighted by Gasteiger charge is -2.08. The Bertz CT molecular complexity index is 1130. The molecule has 1 heterocycles. The number of hydrogen-bond donors (Lipinski definition) is 0. The quantitative estimate of drug-likeness (QED) is 0.324. The lowest BCUT2D eigenvalue weighted by Crippen LogP contribution is -2.22. The van der Waals surface area contributed by atoms with Gasteiger partial charge in [0.25, 0.3) is 11.2 Å². The summed E-state index contributed by atoms with van der Waals surface area (Å²) in [5.41, 5.74) is 0.529. The number of rotatable bonds is 5. The molecule has 2 aromatic carbocycles. The Hall–Kier alpha value is -2.58. The van der Waals surface area contributed by atoms with E-state index in [-0.39, 0.29) is 16.3 Å². The van der Waals surface area contributed by atoms with Crippen LogP contribution in [-0.2, 0) is 6.42 Å². The summed E-state index contributed by atoms with van der Waals surface area (Å²) in [6.07, 6.45) is 2.74. The molecule has 0 bridgehead atoms.